The van der Waals surface area contributed by atoms with Crippen LogP contribution in [0.4, 0.5) is 0 Å². The van der Waals surface area contributed by atoms with E-state index >= 15 is 0 Å². The summed E-state index contributed by atoms with van der Waals surface area (Å²) in [6.45, 7) is 0.189. The second-order valence-electron chi connectivity index (χ2n) is 3.48. The van der Waals surface area contributed by atoms with Crippen LogP contribution in [0.25, 0.3) is 10.6 Å². The van der Waals surface area contributed by atoms with Crippen molar-refractivity contribution in [1.29, 1.82) is 0 Å². The Morgan fingerprint density at radius 1 is 1.41 bits per heavy atom. The Kier molecular flexibility index (Phi) is 2.66. The molecule has 0 saturated heterocycles. The Morgan fingerprint density at radius 2 is 2.29 bits per heavy atom. The molecule has 0 atom stereocenters. The highest BCUT2D eigenvalue weighted by Crippen LogP contribution is 2.42. The molecule has 1 aliphatic rings. The molecule has 0 fully saturated rings. The number of hydrogen-bond donors (Lipinski definition) is 1. The molecule has 0 unspecified atom stereocenters. The Bertz CT molecular complexity index is 570. The third kappa shape index (κ3) is 1.86. The maximum absolute atomic E-state index is 9.01. The summed E-state index contributed by atoms with van der Waals surface area (Å²) in [7, 11) is 0. The third-order valence-electron chi connectivity index (χ3n) is 2.38. The molecule has 0 spiro atoms. The molecule has 0 aliphatic carbocycles. The summed E-state index contributed by atoms with van der Waals surface area (Å²) in [6, 6.07) is 3.63. The monoisotopic (exact) mass is 269 g/mol. The number of thiazole rings is 1. The molecule has 88 valence electrons. The lowest BCUT2D eigenvalue weighted by molar-refractivity contribution is 0.174. The van der Waals surface area contributed by atoms with Crippen molar-refractivity contribution in [3.63, 3.8) is 0 Å². The van der Waals surface area contributed by atoms with Crippen LogP contribution in [0.3, 0.4) is 0 Å². The van der Waals surface area contributed by atoms with Crippen molar-refractivity contribution in [3.05, 3.63) is 28.2 Å². The number of aliphatic hydroxyl groups is 1. The van der Waals surface area contributed by atoms with Gasteiger partial charge in [0, 0.05) is 11.8 Å². The Balaban J connectivity index is 2.06. The number of aromatic nitrogens is 1. The van der Waals surface area contributed by atoms with E-state index in [4.69, 9.17) is 26.2 Å². The van der Waals surface area contributed by atoms with Gasteiger partial charge >= 0.3 is 0 Å². The van der Waals surface area contributed by atoms with Crippen molar-refractivity contribution in [3.8, 4) is 22.1 Å². The van der Waals surface area contributed by atoms with E-state index < -0.39 is 0 Å². The van der Waals surface area contributed by atoms with Gasteiger partial charge in [-0.3, -0.25) is 0 Å². The minimum atomic E-state index is -0.00402. The zero-order valence-electron chi connectivity index (χ0n) is 8.64. The molecule has 2 aromatic rings. The fourth-order valence-electron chi connectivity index (χ4n) is 1.60. The van der Waals surface area contributed by atoms with Crippen molar-refractivity contribution in [2.45, 2.75) is 6.61 Å². The van der Waals surface area contributed by atoms with Crippen LogP contribution in [0.5, 0.6) is 11.5 Å². The predicted octanol–water partition coefficient (Wildman–Crippen LogP) is 2.68. The van der Waals surface area contributed by atoms with Crippen LogP contribution in [0, 0.1) is 0 Å². The molecule has 0 bridgehead atoms. The van der Waals surface area contributed by atoms with Crippen LogP contribution in [0.2, 0.25) is 5.02 Å². The van der Waals surface area contributed by atoms with Gasteiger partial charge in [-0.1, -0.05) is 11.6 Å². The van der Waals surface area contributed by atoms with Crippen molar-refractivity contribution in [2.75, 3.05) is 6.79 Å². The average molecular weight is 270 g/mol. The van der Waals surface area contributed by atoms with Crippen LogP contribution >= 0.6 is 22.9 Å². The van der Waals surface area contributed by atoms with E-state index in [9.17, 15) is 0 Å². The second kappa shape index (κ2) is 4.18. The van der Waals surface area contributed by atoms with Gasteiger partial charge in [0.1, 0.15) is 5.01 Å². The zero-order valence-corrected chi connectivity index (χ0v) is 10.2. The highest BCUT2D eigenvalue weighted by atomic mass is 35.5. The number of fused-ring (bicyclic) bond motifs is 1. The van der Waals surface area contributed by atoms with Crippen molar-refractivity contribution >= 4 is 22.9 Å². The van der Waals surface area contributed by atoms with Crippen LogP contribution in [0.15, 0.2) is 18.3 Å². The Morgan fingerprint density at radius 3 is 3.06 bits per heavy atom. The van der Waals surface area contributed by atoms with Gasteiger partial charge in [0.05, 0.1) is 16.5 Å². The number of rotatable bonds is 2. The molecule has 1 aromatic carbocycles. The number of benzene rings is 1. The second-order valence-corrected chi connectivity index (χ2v) is 5.00. The van der Waals surface area contributed by atoms with Gasteiger partial charge in [-0.25, -0.2) is 4.98 Å². The molecule has 0 saturated carbocycles. The summed E-state index contributed by atoms with van der Waals surface area (Å²) in [6.07, 6.45) is 1.65. The normalized spacial score (nSPS) is 13.1. The summed E-state index contributed by atoms with van der Waals surface area (Å²) in [5, 5.41) is 10.3. The van der Waals surface area contributed by atoms with Crippen LogP contribution < -0.4 is 9.47 Å². The van der Waals surface area contributed by atoms with Crippen molar-refractivity contribution < 1.29 is 14.6 Å². The zero-order chi connectivity index (χ0) is 11.8. The van der Waals surface area contributed by atoms with Gasteiger partial charge in [0.15, 0.2) is 11.5 Å². The summed E-state index contributed by atoms with van der Waals surface area (Å²) < 4.78 is 10.5. The van der Waals surface area contributed by atoms with Crippen LogP contribution in [-0.2, 0) is 6.61 Å². The fraction of sp³-hybridized carbons (Fsp3) is 0.182. The van der Waals surface area contributed by atoms with E-state index in [1.807, 2.05) is 6.07 Å². The largest absolute Gasteiger partial charge is 0.454 e. The molecule has 4 nitrogen and oxygen atoms in total. The first-order chi connectivity index (χ1) is 8.28. The highest BCUT2D eigenvalue weighted by molar-refractivity contribution is 7.15. The van der Waals surface area contributed by atoms with Gasteiger partial charge in [0.2, 0.25) is 6.79 Å². The van der Waals surface area contributed by atoms with E-state index in [1.165, 1.54) is 11.3 Å². The number of nitrogens with zero attached hydrogens (tertiary/aromatic N) is 1. The summed E-state index contributed by atoms with van der Waals surface area (Å²) >= 11 is 7.51. The minimum absolute atomic E-state index is 0.00402. The lowest BCUT2D eigenvalue weighted by atomic mass is 10.2. The van der Waals surface area contributed by atoms with Crippen molar-refractivity contribution in [2.24, 2.45) is 0 Å². The van der Waals surface area contributed by atoms with Gasteiger partial charge in [-0.05, 0) is 12.1 Å². The van der Waals surface area contributed by atoms with Crippen LogP contribution in [0.1, 0.15) is 4.88 Å². The van der Waals surface area contributed by atoms with Crippen LogP contribution in [-0.4, -0.2) is 16.9 Å². The van der Waals surface area contributed by atoms with E-state index in [0.29, 0.717) is 16.5 Å². The summed E-state index contributed by atoms with van der Waals surface area (Å²) in [5.74, 6) is 1.21. The molecule has 3 rings (SSSR count). The molecule has 1 aliphatic heterocycles. The number of ether oxygens (including phenoxy) is 2. The maximum atomic E-state index is 9.01. The number of hydrogen-bond acceptors (Lipinski definition) is 5. The molecular formula is C11H8ClNO3S. The lowest BCUT2D eigenvalue weighted by Crippen LogP contribution is -1.93. The van der Waals surface area contributed by atoms with Crippen molar-refractivity contribution in [1.82, 2.24) is 4.98 Å². The van der Waals surface area contributed by atoms with E-state index in [2.05, 4.69) is 4.98 Å². The van der Waals surface area contributed by atoms with Gasteiger partial charge in [-0.15, -0.1) is 11.3 Å². The molecule has 2 heterocycles. The van der Waals surface area contributed by atoms with E-state index in [-0.39, 0.29) is 13.4 Å². The first-order valence-electron chi connectivity index (χ1n) is 4.93. The maximum Gasteiger partial charge on any atom is 0.231 e. The first-order valence-corrected chi connectivity index (χ1v) is 6.12. The molecule has 1 aromatic heterocycles. The Hall–Kier alpha value is -1.30. The van der Waals surface area contributed by atoms with Gasteiger partial charge in [-0.2, -0.15) is 0 Å². The topological polar surface area (TPSA) is 51.6 Å². The minimum Gasteiger partial charge on any atom is -0.454 e. The summed E-state index contributed by atoms with van der Waals surface area (Å²) in [4.78, 5) is 5.04. The summed E-state index contributed by atoms with van der Waals surface area (Å²) in [5.41, 5.74) is 0.865. The van der Waals surface area contributed by atoms with E-state index in [0.717, 1.165) is 15.4 Å². The van der Waals surface area contributed by atoms with Gasteiger partial charge in [0.25, 0.3) is 0 Å². The van der Waals surface area contributed by atoms with Gasteiger partial charge < -0.3 is 14.6 Å². The standard InChI is InChI=1S/C11H8ClNO3S/c12-8-1-6(2-9-10(8)16-5-15-9)11-13-3-7(4-14)17-11/h1-3,14H,4-5H2. The molecule has 0 amide bonds. The number of halogens is 1. The first kappa shape index (κ1) is 10.8. The predicted molar refractivity (Wildman–Crippen MR) is 64.6 cm³/mol. The molecule has 17 heavy (non-hydrogen) atoms. The molecule has 6 heteroatoms. The molecular weight excluding hydrogens is 262 g/mol. The average Bonchev–Trinajstić information content (AvgIpc) is 2.97. The molecule has 1 N–H and O–H groups in total. The third-order valence-corrected chi connectivity index (χ3v) is 3.70. The SMILES string of the molecule is OCc1cnc(-c2cc(Cl)c3c(c2)OCO3)s1. The van der Waals surface area contributed by atoms with E-state index in [1.54, 1.807) is 12.3 Å². The lowest BCUT2D eigenvalue weighted by Gasteiger charge is -2.02. The smallest absolute Gasteiger partial charge is 0.231 e. The molecule has 0 radical (unpaired) electrons. The number of aliphatic hydroxyl groups excluding tert-OH is 1. The quantitative estimate of drug-likeness (QED) is 0.911. The highest BCUT2D eigenvalue weighted by Gasteiger charge is 2.19. The fourth-order valence-corrected chi connectivity index (χ4v) is 2.63. The Labute approximate surface area is 106 Å².